The van der Waals surface area contributed by atoms with Gasteiger partial charge in [-0.25, -0.2) is 0 Å². The van der Waals surface area contributed by atoms with Crippen molar-refractivity contribution in [1.29, 1.82) is 0 Å². The molecule has 0 rings (SSSR count). The van der Waals surface area contributed by atoms with E-state index < -0.39 is 37.4 Å². The summed E-state index contributed by atoms with van der Waals surface area (Å²) >= 11 is 0. The van der Waals surface area contributed by atoms with Crippen LogP contribution in [0.25, 0.3) is 0 Å². The monoisotopic (exact) mass is 294 g/mol. The minimum atomic E-state index is -1.02. The second-order valence-corrected chi connectivity index (χ2v) is 4.13. The highest BCUT2D eigenvalue weighted by molar-refractivity contribution is 5.70. The molecule has 118 valence electrons. The summed E-state index contributed by atoms with van der Waals surface area (Å²) in [4.78, 5) is 21.8. The van der Waals surface area contributed by atoms with E-state index in [1.807, 2.05) is 0 Å². The van der Waals surface area contributed by atoms with Crippen LogP contribution in [0.3, 0.4) is 0 Å². The van der Waals surface area contributed by atoms with E-state index >= 15 is 0 Å². The molecule has 0 fully saturated rings. The van der Waals surface area contributed by atoms with Gasteiger partial charge in [-0.3, -0.25) is 9.59 Å². The molecule has 0 spiro atoms. The molecule has 0 bridgehead atoms. The zero-order valence-corrected chi connectivity index (χ0v) is 11.2. The summed E-state index contributed by atoms with van der Waals surface area (Å²) < 4.78 is 9.99. The van der Waals surface area contributed by atoms with Gasteiger partial charge in [-0.15, -0.1) is 0 Å². The molecule has 0 aliphatic rings. The van der Waals surface area contributed by atoms with E-state index in [4.69, 9.17) is 29.9 Å². The van der Waals surface area contributed by atoms with Gasteiger partial charge in [0, 0.05) is 12.8 Å². The molecule has 0 aliphatic carbocycles. The Hall–Kier alpha value is -1.22. The van der Waals surface area contributed by atoms with Crippen molar-refractivity contribution in [2.24, 2.45) is 0 Å². The summed E-state index contributed by atoms with van der Waals surface area (Å²) in [5.74, 6) is -1.52. The molecule has 0 saturated carbocycles. The summed E-state index contributed by atoms with van der Waals surface area (Å²) in [5, 5.41) is 35.2. The SMILES string of the molecule is O=C(O)CCCCC(=O)OC(CO)C(CO)OCCO. The average Bonchev–Trinajstić information content (AvgIpc) is 2.42. The number of unbranched alkanes of at least 4 members (excludes halogenated alkanes) is 1. The van der Waals surface area contributed by atoms with Gasteiger partial charge in [-0.05, 0) is 12.8 Å². The smallest absolute Gasteiger partial charge is 0.306 e. The van der Waals surface area contributed by atoms with Gasteiger partial charge in [0.15, 0.2) is 6.10 Å². The van der Waals surface area contributed by atoms with Crippen LogP contribution in [-0.4, -0.2) is 71.0 Å². The third kappa shape index (κ3) is 8.81. The van der Waals surface area contributed by atoms with Gasteiger partial charge >= 0.3 is 11.9 Å². The first-order valence-electron chi connectivity index (χ1n) is 6.40. The fourth-order valence-corrected chi connectivity index (χ4v) is 1.49. The minimum absolute atomic E-state index is 0.0183. The van der Waals surface area contributed by atoms with Gasteiger partial charge in [0.25, 0.3) is 0 Å². The predicted molar refractivity (Wildman–Crippen MR) is 67.0 cm³/mol. The summed E-state index contributed by atoms with van der Waals surface area (Å²) in [6, 6.07) is 0. The molecule has 8 heteroatoms. The van der Waals surface area contributed by atoms with Crippen molar-refractivity contribution in [1.82, 2.24) is 0 Å². The summed E-state index contributed by atoms with van der Waals surface area (Å²) in [5.41, 5.74) is 0. The Morgan fingerprint density at radius 1 is 0.950 bits per heavy atom. The molecule has 0 aromatic carbocycles. The molecule has 20 heavy (non-hydrogen) atoms. The van der Waals surface area contributed by atoms with Crippen LogP contribution >= 0.6 is 0 Å². The number of carbonyl (C=O) groups excluding carboxylic acids is 1. The summed E-state index contributed by atoms with van der Waals surface area (Å²) in [7, 11) is 0. The topological polar surface area (TPSA) is 134 Å². The van der Waals surface area contributed by atoms with Gasteiger partial charge in [-0.1, -0.05) is 0 Å². The van der Waals surface area contributed by atoms with E-state index in [1.165, 1.54) is 0 Å². The number of rotatable bonds is 12. The fourth-order valence-electron chi connectivity index (χ4n) is 1.49. The lowest BCUT2D eigenvalue weighted by atomic mass is 10.2. The number of ether oxygens (including phenoxy) is 2. The third-order valence-corrected chi connectivity index (χ3v) is 2.50. The van der Waals surface area contributed by atoms with Crippen molar-refractivity contribution in [3.8, 4) is 0 Å². The molecule has 0 amide bonds. The number of aliphatic hydroxyl groups excluding tert-OH is 3. The summed E-state index contributed by atoms with van der Waals surface area (Å²) in [6.45, 7) is -1.27. The number of carbonyl (C=O) groups is 2. The van der Waals surface area contributed by atoms with Gasteiger partial charge in [-0.2, -0.15) is 0 Å². The lowest BCUT2D eigenvalue weighted by Gasteiger charge is -2.24. The molecule has 0 saturated heterocycles. The largest absolute Gasteiger partial charge is 0.481 e. The van der Waals surface area contributed by atoms with Crippen LogP contribution < -0.4 is 0 Å². The lowest BCUT2D eigenvalue weighted by molar-refractivity contribution is -0.165. The van der Waals surface area contributed by atoms with E-state index in [9.17, 15) is 9.59 Å². The quantitative estimate of drug-likeness (QED) is 0.263. The van der Waals surface area contributed by atoms with Crippen molar-refractivity contribution in [3.63, 3.8) is 0 Å². The first-order chi connectivity index (χ1) is 9.54. The maximum Gasteiger partial charge on any atom is 0.306 e. The fraction of sp³-hybridized carbons (Fsp3) is 0.833. The van der Waals surface area contributed by atoms with Crippen molar-refractivity contribution >= 4 is 11.9 Å². The maximum absolute atomic E-state index is 11.5. The maximum atomic E-state index is 11.5. The van der Waals surface area contributed by atoms with Crippen molar-refractivity contribution < 1.29 is 39.5 Å². The molecule has 0 heterocycles. The van der Waals surface area contributed by atoms with Crippen molar-refractivity contribution in [2.45, 2.75) is 37.9 Å². The second-order valence-electron chi connectivity index (χ2n) is 4.13. The van der Waals surface area contributed by atoms with Crippen LogP contribution in [0.5, 0.6) is 0 Å². The standard InChI is InChI=1S/C12H22O8/c13-5-6-19-9(7-14)10(8-15)20-12(18)4-2-1-3-11(16)17/h9-10,13-15H,1-8H2,(H,16,17). The van der Waals surface area contributed by atoms with Crippen LogP contribution in [0.2, 0.25) is 0 Å². The summed E-state index contributed by atoms with van der Waals surface area (Å²) in [6.07, 6.45) is -1.19. The first kappa shape index (κ1) is 18.8. The number of hydrogen-bond acceptors (Lipinski definition) is 7. The molecular formula is C12H22O8. The molecule has 0 aromatic rings. The first-order valence-corrected chi connectivity index (χ1v) is 6.40. The van der Waals surface area contributed by atoms with E-state index in [0.717, 1.165) is 0 Å². The number of hydrogen-bond donors (Lipinski definition) is 4. The molecule has 0 aromatic heterocycles. The Bertz CT molecular complexity index is 281. The van der Waals surface area contributed by atoms with E-state index in [2.05, 4.69) is 0 Å². The minimum Gasteiger partial charge on any atom is -0.481 e. The third-order valence-electron chi connectivity index (χ3n) is 2.50. The van der Waals surface area contributed by atoms with Crippen LogP contribution in [0, 0.1) is 0 Å². The van der Waals surface area contributed by atoms with Gasteiger partial charge in [0.05, 0.1) is 26.4 Å². The zero-order chi connectivity index (χ0) is 15.4. The molecular weight excluding hydrogens is 272 g/mol. The number of esters is 1. The number of aliphatic hydroxyl groups is 3. The predicted octanol–water partition coefficient (Wildman–Crippen LogP) is -1.09. The van der Waals surface area contributed by atoms with E-state index in [1.54, 1.807) is 0 Å². The van der Waals surface area contributed by atoms with Crippen molar-refractivity contribution in [3.05, 3.63) is 0 Å². The molecule has 2 unspecified atom stereocenters. The molecule has 2 atom stereocenters. The van der Waals surface area contributed by atoms with Crippen molar-refractivity contribution in [2.75, 3.05) is 26.4 Å². The Balaban J connectivity index is 4.06. The van der Waals surface area contributed by atoms with Gasteiger partial charge in [0.2, 0.25) is 0 Å². The molecule has 0 aliphatic heterocycles. The average molecular weight is 294 g/mol. The highest BCUT2D eigenvalue weighted by atomic mass is 16.6. The Morgan fingerprint density at radius 2 is 1.55 bits per heavy atom. The van der Waals surface area contributed by atoms with Crippen LogP contribution in [0.15, 0.2) is 0 Å². The van der Waals surface area contributed by atoms with Gasteiger partial charge in [0.1, 0.15) is 6.10 Å². The highest BCUT2D eigenvalue weighted by Gasteiger charge is 2.24. The van der Waals surface area contributed by atoms with E-state index in [-0.39, 0.29) is 26.1 Å². The van der Waals surface area contributed by atoms with Crippen LogP contribution in [0.1, 0.15) is 25.7 Å². The second kappa shape index (κ2) is 11.6. The Kier molecular flexibility index (Phi) is 10.9. The number of carboxylic acids is 1. The number of carboxylic acid groups (broad SMARTS) is 1. The van der Waals surface area contributed by atoms with E-state index in [0.29, 0.717) is 12.8 Å². The van der Waals surface area contributed by atoms with Crippen LogP contribution in [-0.2, 0) is 19.1 Å². The molecule has 8 nitrogen and oxygen atoms in total. The Labute approximate surface area is 116 Å². The Morgan fingerprint density at radius 3 is 2.05 bits per heavy atom. The number of aliphatic carboxylic acids is 1. The highest BCUT2D eigenvalue weighted by Crippen LogP contribution is 2.08. The molecule has 0 radical (unpaired) electrons. The normalized spacial score (nSPS) is 13.8. The lowest BCUT2D eigenvalue weighted by Crippen LogP contribution is -2.39. The van der Waals surface area contributed by atoms with Crippen LogP contribution in [0.4, 0.5) is 0 Å². The van der Waals surface area contributed by atoms with Gasteiger partial charge < -0.3 is 29.9 Å². The molecule has 4 N–H and O–H groups in total. The zero-order valence-electron chi connectivity index (χ0n) is 11.2.